The molecule has 0 spiro atoms. The summed E-state index contributed by atoms with van der Waals surface area (Å²) in [6.45, 7) is 2.05. The van der Waals surface area contributed by atoms with Crippen molar-refractivity contribution in [2.24, 2.45) is 10.1 Å². The molecule has 5 rings (SSSR count). The van der Waals surface area contributed by atoms with Gasteiger partial charge in [0.05, 0.1) is 11.8 Å². The van der Waals surface area contributed by atoms with E-state index in [0.29, 0.717) is 22.3 Å². The molecule has 2 unspecified atom stereocenters. The van der Waals surface area contributed by atoms with Crippen LogP contribution in [0.5, 0.6) is 0 Å². The third-order valence-corrected chi connectivity index (χ3v) is 7.26. The Morgan fingerprint density at radius 2 is 1.86 bits per heavy atom. The average molecular weight is 503 g/mol. The maximum Gasteiger partial charge on any atom is 0.262 e. The van der Waals surface area contributed by atoms with E-state index in [9.17, 15) is 9.59 Å². The first-order valence-electron chi connectivity index (χ1n) is 11.3. The fourth-order valence-corrected chi connectivity index (χ4v) is 5.33. The molecule has 176 valence electrons. The lowest BCUT2D eigenvalue weighted by molar-refractivity contribution is -0.121. The van der Waals surface area contributed by atoms with Crippen LogP contribution in [0.2, 0.25) is 5.02 Å². The van der Waals surface area contributed by atoms with Gasteiger partial charge in [-0.05, 0) is 42.3 Å². The molecule has 2 heterocycles. The second kappa shape index (κ2) is 10.1. The summed E-state index contributed by atoms with van der Waals surface area (Å²) in [5.41, 5.74) is 4.82. The van der Waals surface area contributed by atoms with Gasteiger partial charge in [-0.3, -0.25) is 9.59 Å². The number of amides is 2. The molecule has 0 aliphatic carbocycles. The Hall–Kier alpha value is -3.42. The maximum atomic E-state index is 12.7. The Morgan fingerprint density at radius 1 is 1.09 bits per heavy atom. The van der Waals surface area contributed by atoms with Crippen LogP contribution in [0.3, 0.4) is 0 Å². The van der Waals surface area contributed by atoms with Crippen molar-refractivity contribution in [3.05, 3.63) is 101 Å². The number of aliphatic imine (C=N–C) groups is 1. The van der Waals surface area contributed by atoms with Gasteiger partial charge in [-0.25, -0.2) is 5.01 Å². The number of halogens is 1. The summed E-state index contributed by atoms with van der Waals surface area (Å²) in [6.07, 6.45) is 0.708. The zero-order valence-corrected chi connectivity index (χ0v) is 20.6. The van der Waals surface area contributed by atoms with Crippen molar-refractivity contribution in [1.82, 2.24) is 5.01 Å². The van der Waals surface area contributed by atoms with Gasteiger partial charge in [0, 0.05) is 23.6 Å². The van der Waals surface area contributed by atoms with Gasteiger partial charge in [0.2, 0.25) is 5.91 Å². The summed E-state index contributed by atoms with van der Waals surface area (Å²) in [6, 6.07) is 25.0. The zero-order chi connectivity index (χ0) is 24.4. The molecule has 1 N–H and O–H groups in total. The number of benzene rings is 3. The smallest absolute Gasteiger partial charge is 0.262 e. The lowest BCUT2D eigenvalue weighted by Crippen LogP contribution is -2.25. The quantitative estimate of drug-likeness (QED) is 0.476. The summed E-state index contributed by atoms with van der Waals surface area (Å²) in [4.78, 5) is 29.6. The van der Waals surface area contributed by atoms with Gasteiger partial charge in [0.1, 0.15) is 5.25 Å². The largest absolute Gasteiger partial charge is 0.326 e. The first-order valence-corrected chi connectivity index (χ1v) is 12.6. The number of carbonyl (C=O) groups is 2. The molecule has 6 nitrogen and oxygen atoms in total. The molecule has 35 heavy (non-hydrogen) atoms. The number of rotatable bonds is 5. The predicted molar refractivity (Wildman–Crippen MR) is 142 cm³/mol. The summed E-state index contributed by atoms with van der Waals surface area (Å²) >= 11 is 7.37. The number of hydrogen-bond acceptors (Lipinski definition) is 5. The molecule has 3 aromatic rings. The number of anilines is 1. The number of thioether (sulfide) groups is 1. The SMILES string of the molecule is Cc1cccc(C2CC(c3ccc(Cl)cc3)=NN2C2=NC(=O)C(CC(=O)Nc3ccccc3)S2)c1. The highest BCUT2D eigenvalue weighted by molar-refractivity contribution is 8.15. The van der Waals surface area contributed by atoms with Crippen LogP contribution in [-0.2, 0) is 9.59 Å². The van der Waals surface area contributed by atoms with E-state index in [2.05, 4.69) is 35.4 Å². The van der Waals surface area contributed by atoms with Crippen molar-refractivity contribution >= 4 is 51.7 Å². The molecular formula is C27H23ClN4O2S. The first-order chi connectivity index (χ1) is 17.0. The van der Waals surface area contributed by atoms with Gasteiger partial charge in [-0.15, -0.1) is 0 Å². The van der Waals surface area contributed by atoms with E-state index >= 15 is 0 Å². The van der Waals surface area contributed by atoms with Crippen molar-refractivity contribution in [2.45, 2.75) is 31.1 Å². The fraction of sp³-hybridized carbons (Fsp3) is 0.185. The Morgan fingerprint density at radius 3 is 2.60 bits per heavy atom. The number of nitrogens with zero attached hydrogens (tertiary/aromatic N) is 3. The van der Waals surface area contributed by atoms with Gasteiger partial charge in [-0.2, -0.15) is 10.1 Å². The molecule has 0 bridgehead atoms. The molecule has 0 fully saturated rings. The Labute approximate surface area is 213 Å². The third kappa shape index (κ3) is 5.31. The summed E-state index contributed by atoms with van der Waals surface area (Å²) < 4.78 is 0. The lowest BCUT2D eigenvalue weighted by Gasteiger charge is -2.23. The second-order valence-corrected chi connectivity index (χ2v) is 10.1. The molecule has 2 aliphatic heterocycles. The van der Waals surface area contributed by atoms with Crippen LogP contribution >= 0.6 is 23.4 Å². The number of nitrogens with one attached hydrogen (secondary N) is 1. The van der Waals surface area contributed by atoms with E-state index in [1.54, 1.807) is 0 Å². The summed E-state index contributed by atoms with van der Waals surface area (Å²) in [5.74, 6) is -0.535. The molecule has 2 atom stereocenters. The highest BCUT2D eigenvalue weighted by atomic mass is 35.5. The Kier molecular flexibility index (Phi) is 6.70. The number of para-hydroxylation sites is 1. The van der Waals surface area contributed by atoms with Gasteiger partial charge >= 0.3 is 0 Å². The lowest BCUT2D eigenvalue weighted by atomic mass is 9.97. The van der Waals surface area contributed by atoms with Gasteiger partial charge in [-0.1, -0.05) is 83.5 Å². The normalized spacial score (nSPS) is 19.5. The fourth-order valence-electron chi connectivity index (χ4n) is 4.15. The van der Waals surface area contributed by atoms with Gasteiger partial charge < -0.3 is 5.32 Å². The first kappa shape index (κ1) is 23.3. The van der Waals surface area contributed by atoms with E-state index in [1.807, 2.05) is 65.7 Å². The van der Waals surface area contributed by atoms with Crippen molar-refractivity contribution in [3.8, 4) is 0 Å². The molecule has 8 heteroatoms. The molecule has 0 aromatic heterocycles. The van der Waals surface area contributed by atoms with Crippen molar-refractivity contribution < 1.29 is 9.59 Å². The highest BCUT2D eigenvalue weighted by Crippen LogP contribution is 2.39. The van der Waals surface area contributed by atoms with E-state index in [0.717, 1.165) is 22.4 Å². The second-order valence-electron chi connectivity index (χ2n) is 8.49. The van der Waals surface area contributed by atoms with Crippen LogP contribution in [0.25, 0.3) is 0 Å². The van der Waals surface area contributed by atoms with Crippen LogP contribution in [0.1, 0.15) is 35.6 Å². The molecular weight excluding hydrogens is 480 g/mol. The van der Waals surface area contributed by atoms with Crippen LogP contribution in [0.4, 0.5) is 5.69 Å². The molecule has 0 saturated heterocycles. The topological polar surface area (TPSA) is 74.1 Å². The average Bonchev–Trinajstić information content (AvgIpc) is 3.44. The van der Waals surface area contributed by atoms with Crippen LogP contribution < -0.4 is 5.32 Å². The summed E-state index contributed by atoms with van der Waals surface area (Å²) in [7, 11) is 0. The van der Waals surface area contributed by atoms with Gasteiger partial charge in [0.15, 0.2) is 5.17 Å². The summed E-state index contributed by atoms with van der Waals surface area (Å²) in [5, 5.41) is 10.1. The predicted octanol–water partition coefficient (Wildman–Crippen LogP) is 5.83. The van der Waals surface area contributed by atoms with Crippen LogP contribution in [-0.4, -0.2) is 33.0 Å². The molecule has 0 radical (unpaired) electrons. The standard InChI is InChI=1S/C27H23ClN4O2S/c1-17-6-5-7-19(14-17)23-15-22(18-10-12-20(28)13-11-18)31-32(23)27-30-26(34)24(35-27)16-25(33)29-21-8-3-2-4-9-21/h2-14,23-24H,15-16H2,1H3,(H,29,33). The van der Waals surface area contributed by atoms with Gasteiger partial charge in [0.25, 0.3) is 5.91 Å². The molecule has 2 aliphatic rings. The Bertz CT molecular complexity index is 1320. The maximum absolute atomic E-state index is 12.7. The van der Waals surface area contributed by atoms with Crippen LogP contribution in [0, 0.1) is 6.92 Å². The van der Waals surface area contributed by atoms with E-state index in [4.69, 9.17) is 16.7 Å². The Balaban J connectivity index is 1.37. The van der Waals surface area contributed by atoms with Crippen LogP contribution in [0.15, 0.2) is 89.0 Å². The number of aryl methyl sites for hydroxylation is 1. The van der Waals surface area contributed by atoms with E-state index in [1.165, 1.54) is 11.8 Å². The number of amidine groups is 1. The van der Waals surface area contributed by atoms with Crippen molar-refractivity contribution in [1.29, 1.82) is 0 Å². The minimum atomic E-state index is -0.582. The molecule has 2 amide bonds. The zero-order valence-electron chi connectivity index (χ0n) is 19.0. The number of hydrazone groups is 1. The minimum Gasteiger partial charge on any atom is -0.326 e. The number of carbonyl (C=O) groups excluding carboxylic acids is 2. The minimum absolute atomic E-state index is 0.0438. The third-order valence-electron chi connectivity index (χ3n) is 5.87. The van der Waals surface area contributed by atoms with E-state index in [-0.39, 0.29) is 24.3 Å². The van der Waals surface area contributed by atoms with Crippen molar-refractivity contribution in [2.75, 3.05) is 5.32 Å². The highest BCUT2D eigenvalue weighted by Gasteiger charge is 2.39. The monoisotopic (exact) mass is 502 g/mol. The molecule has 3 aromatic carbocycles. The molecule has 0 saturated carbocycles. The van der Waals surface area contributed by atoms with E-state index < -0.39 is 5.25 Å². The van der Waals surface area contributed by atoms with Crippen molar-refractivity contribution in [3.63, 3.8) is 0 Å². The number of hydrogen-bond donors (Lipinski definition) is 1.